The van der Waals surface area contributed by atoms with Crippen LogP contribution in [0, 0.1) is 6.92 Å². The standard InChI is InChI=1S/C23H18ClN3O2S/c1-15-11-19(5-6-20(15)24)29-13-22(28)26-18-4-2-3-17(12-18)21-14-30-23(27-21)16-7-9-25-10-8-16/h2-12,14H,13H2,1H3,(H,26,28). The molecule has 0 aliphatic heterocycles. The Labute approximate surface area is 183 Å². The second-order valence-electron chi connectivity index (χ2n) is 6.60. The predicted molar refractivity (Wildman–Crippen MR) is 121 cm³/mol. The maximum atomic E-state index is 12.3. The van der Waals surface area contributed by atoms with Crippen molar-refractivity contribution < 1.29 is 9.53 Å². The molecule has 30 heavy (non-hydrogen) atoms. The lowest BCUT2D eigenvalue weighted by molar-refractivity contribution is -0.118. The molecule has 0 atom stereocenters. The number of halogens is 1. The highest BCUT2D eigenvalue weighted by Gasteiger charge is 2.09. The molecular weight excluding hydrogens is 418 g/mol. The minimum atomic E-state index is -0.240. The van der Waals surface area contributed by atoms with Crippen molar-refractivity contribution in [2.75, 3.05) is 11.9 Å². The van der Waals surface area contributed by atoms with E-state index in [1.54, 1.807) is 41.9 Å². The first kappa shape index (κ1) is 20.1. The van der Waals surface area contributed by atoms with Gasteiger partial charge in [0.05, 0.1) is 5.69 Å². The zero-order chi connectivity index (χ0) is 20.9. The number of carbonyl (C=O) groups is 1. The third kappa shape index (κ3) is 4.84. The molecule has 2 heterocycles. The van der Waals surface area contributed by atoms with E-state index < -0.39 is 0 Å². The molecule has 4 aromatic rings. The number of aromatic nitrogens is 2. The number of nitrogens with zero attached hydrogens (tertiary/aromatic N) is 2. The van der Waals surface area contributed by atoms with Crippen LogP contribution < -0.4 is 10.1 Å². The Hall–Kier alpha value is -3.22. The lowest BCUT2D eigenvalue weighted by Gasteiger charge is -2.09. The summed E-state index contributed by atoms with van der Waals surface area (Å²) in [5.41, 5.74) is 4.40. The van der Waals surface area contributed by atoms with Crippen LogP contribution in [0.4, 0.5) is 5.69 Å². The summed E-state index contributed by atoms with van der Waals surface area (Å²) in [6.45, 7) is 1.80. The SMILES string of the molecule is Cc1cc(OCC(=O)Nc2cccc(-c3csc(-c4ccncc4)n3)c2)ccc1Cl. The summed E-state index contributed by atoms with van der Waals surface area (Å²) in [6.07, 6.45) is 3.50. The summed E-state index contributed by atoms with van der Waals surface area (Å²) < 4.78 is 5.56. The van der Waals surface area contributed by atoms with Gasteiger partial charge in [-0.2, -0.15) is 0 Å². The topological polar surface area (TPSA) is 64.1 Å². The highest BCUT2D eigenvalue weighted by Crippen LogP contribution is 2.29. The van der Waals surface area contributed by atoms with E-state index in [-0.39, 0.29) is 12.5 Å². The van der Waals surface area contributed by atoms with Gasteiger partial charge in [0, 0.05) is 39.6 Å². The van der Waals surface area contributed by atoms with Crippen LogP contribution in [0.25, 0.3) is 21.8 Å². The number of aryl methyl sites for hydroxylation is 1. The number of ether oxygens (including phenoxy) is 1. The Kier molecular flexibility index (Phi) is 6.07. The molecule has 4 rings (SSSR count). The normalized spacial score (nSPS) is 10.6. The van der Waals surface area contributed by atoms with Gasteiger partial charge in [-0.05, 0) is 55.0 Å². The molecule has 0 saturated heterocycles. The average Bonchev–Trinajstić information content (AvgIpc) is 3.26. The first-order valence-electron chi connectivity index (χ1n) is 9.23. The molecule has 1 amide bonds. The monoisotopic (exact) mass is 435 g/mol. The molecule has 0 aliphatic rings. The van der Waals surface area contributed by atoms with E-state index in [1.807, 2.05) is 48.7 Å². The molecule has 0 fully saturated rings. The molecule has 0 bridgehead atoms. The van der Waals surface area contributed by atoms with Gasteiger partial charge in [-0.1, -0.05) is 23.7 Å². The van der Waals surface area contributed by atoms with Crippen LogP contribution in [-0.2, 0) is 4.79 Å². The van der Waals surface area contributed by atoms with Crippen molar-refractivity contribution in [3.05, 3.63) is 83.0 Å². The zero-order valence-electron chi connectivity index (χ0n) is 16.1. The van der Waals surface area contributed by atoms with Crippen molar-refractivity contribution in [1.82, 2.24) is 9.97 Å². The second kappa shape index (κ2) is 9.07. The minimum Gasteiger partial charge on any atom is -0.484 e. The predicted octanol–water partition coefficient (Wildman–Crippen LogP) is 5.85. The quantitative estimate of drug-likeness (QED) is 0.412. The highest BCUT2D eigenvalue weighted by atomic mass is 35.5. The van der Waals surface area contributed by atoms with E-state index in [4.69, 9.17) is 21.3 Å². The van der Waals surface area contributed by atoms with Gasteiger partial charge in [0.2, 0.25) is 0 Å². The van der Waals surface area contributed by atoms with Crippen molar-refractivity contribution in [1.29, 1.82) is 0 Å². The number of carbonyl (C=O) groups excluding carboxylic acids is 1. The zero-order valence-corrected chi connectivity index (χ0v) is 17.7. The van der Waals surface area contributed by atoms with E-state index in [2.05, 4.69) is 10.3 Å². The molecule has 5 nitrogen and oxygen atoms in total. The van der Waals surface area contributed by atoms with E-state index in [0.717, 1.165) is 27.4 Å². The maximum Gasteiger partial charge on any atom is 0.262 e. The number of nitrogens with one attached hydrogen (secondary N) is 1. The van der Waals surface area contributed by atoms with E-state index in [0.29, 0.717) is 16.5 Å². The lowest BCUT2D eigenvalue weighted by Crippen LogP contribution is -2.20. The van der Waals surface area contributed by atoms with Crippen LogP contribution in [-0.4, -0.2) is 22.5 Å². The van der Waals surface area contributed by atoms with Gasteiger partial charge >= 0.3 is 0 Å². The fourth-order valence-electron chi connectivity index (χ4n) is 2.84. The van der Waals surface area contributed by atoms with Gasteiger partial charge in [0.15, 0.2) is 6.61 Å². The Morgan fingerprint density at radius 3 is 2.73 bits per heavy atom. The van der Waals surface area contributed by atoms with E-state index >= 15 is 0 Å². The van der Waals surface area contributed by atoms with Gasteiger partial charge in [0.1, 0.15) is 10.8 Å². The van der Waals surface area contributed by atoms with E-state index in [1.165, 1.54) is 0 Å². The van der Waals surface area contributed by atoms with Crippen LogP contribution in [0.5, 0.6) is 5.75 Å². The Bertz CT molecular complexity index is 1180. The van der Waals surface area contributed by atoms with Crippen LogP contribution in [0.2, 0.25) is 5.02 Å². The molecule has 2 aromatic carbocycles. The molecule has 0 aliphatic carbocycles. The Balaban J connectivity index is 1.41. The summed E-state index contributed by atoms with van der Waals surface area (Å²) in [5, 5.41) is 6.46. The van der Waals surface area contributed by atoms with Gasteiger partial charge in [-0.3, -0.25) is 9.78 Å². The van der Waals surface area contributed by atoms with Gasteiger partial charge in [-0.15, -0.1) is 11.3 Å². The number of benzene rings is 2. The Morgan fingerprint density at radius 1 is 1.10 bits per heavy atom. The fourth-order valence-corrected chi connectivity index (χ4v) is 3.80. The van der Waals surface area contributed by atoms with Gasteiger partial charge in [-0.25, -0.2) is 4.98 Å². The molecular formula is C23H18ClN3O2S. The number of amides is 1. The van der Waals surface area contributed by atoms with Crippen LogP contribution in [0.15, 0.2) is 72.4 Å². The number of thiazole rings is 1. The number of hydrogen-bond acceptors (Lipinski definition) is 5. The second-order valence-corrected chi connectivity index (χ2v) is 7.87. The molecule has 0 radical (unpaired) electrons. The highest BCUT2D eigenvalue weighted by molar-refractivity contribution is 7.13. The van der Waals surface area contributed by atoms with Gasteiger partial charge in [0.25, 0.3) is 5.91 Å². The largest absolute Gasteiger partial charge is 0.484 e. The third-order valence-electron chi connectivity index (χ3n) is 4.37. The molecule has 7 heteroatoms. The van der Waals surface area contributed by atoms with Crippen LogP contribution in [0.1, 0.15) is 5.56 Å². The average molecular weight is 436 g/mol. The summed E-state index contributed by atoms with van der Waals surface area (Å²) in [7, 11) is 0. The minimum absolute atomic E-state index is 0.0891. The summed E-state index contributed by atoms with van der Waals surface area (Å²) in [5.74, 6) is 0.363. The molecule has 0 saturated carbocycles. The first-order chi connectivity index (χ1) is 14.6. The summed E-state index contributed by atoms with van der Waals surface area (Å²) in [6, 6.07) is 16.8. The Morgan fingerprint density at radius 2 is 1.93 bits per heavy atom. The summed E-state index contributed by atoms with van der Waals surface area (Å²) >= 11 is 7.58. The van der Waals surface area contributed by atoms with Crippen LogP contribution in [0.3, 0.4) is 0 Å². The smallest absolute Gasteiger partial charge is 0.262 e. The first-order valence-corrected chi connectivity index (χ1v) is 10.5. The molecule has 0 spiro atoms. The number of pyridine rings is 1. The number of anilines is 1. The number of hydrogen-bond donors (Lipinski definition) is 1. The summed E-state index contributed by atoms with van der Waals surface area (Å²) in [4.78, 5) is 21.0. The molecule has 0 unspecified atom stereocenters. The van der Waals surface area contributed by atoms with Crippen LogP contribution >= 0.6 is 22.9 Å². The van der Waals surface area contributed by atoms with Crippen molar-refractivity contribution in [3.8, 4) is 27.6 Å². The fraction of sp³-hybridized carbons (Fsp3) is 0.0870. The molecule has 2 aromatic heterocycles. The molecule has 150 valence electrons. The van der Waals surface area contributed by atoms with Crippen molar-refractivity contribution >= 4 is 34.5 Å². The van der Waals surface area contributed by atoms with Crippen molar-refractivity contribution in [2.45, 2.75) is 6.92 Å². The van der Waals surface area contributed by atoms with Gasteiger partial charge < -0.3 is 10.1 Å². The van der Waals surface area contributed by atoms with E-state index in [9.17, 15) is 4.79 Å². The maximum absolute atomic E-state index is 12.3. The molecule has 1 N–H and O–H groups in total. The lowest BCUT2D eigenvalue weighted by atomic mass is 10.1. The third-order valence-corrected chi connectivity index (χ3v) is 5.69. The van der Waals surface area contributed by atoms with Crippen molar-refractivity contribution in [3.63, 3.8) is 0 Å². The van der Waals surface area contributed by atoms with Crippen molar-refractivity contribution in [2.24, 2.45) is 0 Å². The number of rotatable bonds is 6.